The van der Waals surface area contributed by atoms with Crippen LogP contribution in [0.4, 0.5) is 0 Å². The summed E-state index contributed by atoms with van der Waals surface area (Å²) in [6.45, 7) is 7.80. The van der Waals surface area contributed by atoms with E-state index in [9.17, 15) is 20.1 Å². The van der Waals surface area contributed by atoms with Crippen molar-refractivity contribution in [3.05, 3.63) is 75.8 Å². The molecule has 0 spiro atoms. The minimum Gasteiger partial charge on any atom is -0.508 e. The molecule has 0 bridgehead atoms. The summed E-state index contributed by atoms with van der Waals surface area (Å²) >= 11 is 0. The van der Waals surface area contributed by atoms with Gasteiger partial charge < -0.3 is 30.3 Å². The van der Waals surface area contributed by atoms with E-state index >= 15 is 0 Å². The van der Waals surface area contributed by atoms with E-state index in [4.69, 9.17) is 14.9 Å². The number of aromatic hydroxyl groups is 4. The van der Waals surface area contributed by atoms with Gasteiger partial charge in [-0.1, -0.05) is 18.2 Å². The molecule has 7 heteroatoms. The van der Waals surface area contributed by atoms with Crippen LogP contribution in [0, 0.1) is 27.7 Å². The fourth-order valence-electron chi connectivity index (χ4n) is 3.31. The van der Waals surface area contributed by atoms with Crippen LogP contribution in [0.1, 0.15) is 44.6 Å². The molecule has 7 nitrogen and oxygen atoms in total. The van der Waals surface area contributed by atoms with Crippen molar-refractivity contribution in [3.8, 4) is 28.7 Å². The first kappa shape index (κ1) is 25.4. The lowest BCUT2D eigenvalue weighted by molar-refractivity contribution is 0.0696. The van der Waals surface area contributed by atoms with Crippen LogP contribution in [0.25, 0.3) is 0 Å². The van der Waals surface area contributed by atoms with Crippen LogP contribution in [0.2, 0.25) is 0 Å². The summed E-state index contributed by atoms with van der Waals surface area (Å²) in [5.74, 6) is 0.398. The van der Waals surface area contributed by atoms with E-state index in [2.05, 4.69) is 0 Å². The van der Waals surface area contributed by atoms with Gasteiger partial charge in [-0.25, -0.2) is 4.79 Å². The Hall–Kier alpha value is -3.87. The van der Waals surface area contributed by atoms with Crippen LogP contribution in [-0.2, 0) is 6.42 Å². The number of aryl methyl sites for hydroxylation is 4. The molecule has 1 heterocycles. The van der Waals surface area contributed by atoms with Crippen LogP contribution in [-0.4, -0.2) is 38.1 Å². The molecule has 0 unspecified atom stereocenters. The Morgan fingerprint density at radius 2 is 1.36 bits per heavy atom. The molecule has 0 fully saturated rings. The summed E-state index contributed by atoms with van der Waals surface area (Å²) in [6.07, 6.45) is 1.74. The lowest BCUT2D eigenvalue weighted by atomic mass is 10.1. The number of benzene rings is 3. The topological polar surface area (TPSA) is 127 Å². The molecular formula is C26H30O7. The van der Waals surface area contributed by atoms with E-state index in [0.29, 0.717) is 29.2 Å². The lowest BCUT2D eigenvalue weighted by Gasteiger charge is -2.17. The standard InChI is InChI=1S/2C9H10O3.C8H10O/c10-6-4-8(11)7-2-1-3-12-9(7)5-6;1-5-3-7(9(11)12)4-6(2)8(5)10;1-6-4-3-5-7(2)8(6)9/h4-5,10-11H,1-3H2;3-4,10H,1-2H3,(H,11,12);3-5,9H,1-2H3. The number of phenols is 4. The van der Waals surface area contributed by atoms with Gasteiger partial charge in [0.2, 0.25) is 0 Å². The van der Waals surface area contributed by atoms with E-state index in [1.54, 1.807) is 13.8 Å². The maximum atomic E-state index is 10.5. The number of fused-ring (bicyclic) bond motifs is 1. The van der Waals surface area contributed by atoms with E-state index in [1.165, 1.54) is 24.3 Å². The average Bonchev–Trinajstić information content (AvgIpc) is 2.76. The third-order valence-electron chi connectivity index (χ3n) is 5.18. The Morgan fingerprint density at radius 3 is 1.88 bits per heavy atom. The zero-order chi connectivity index (χ0) is 24.7. The lowest BCUT2D eigenvalue weighted by Crippen LogP contribution is -2.07. The van der Waals surface area contributed by atoms with Gasteiger partial charge in [0.25, 0.3) is 0 Å². The first-order chi connectivity index (χ1) is 15.5. The van der Waals surface area contributed by atoms with Gasteiger partial charge in [0.1, 0.15) is 28.7 Å². The third kappa shape index (κ3) is 6.80. The van der Waals surface area contributed by atoms with Gasteiger partial charge in [0, 0.05) is 17.7 Å². The summed E-state index contributed by atoms with van der Waals surface area (Å²) in [5.41, 5.74) is 4.08. The van der Waals surface area contributed by atoms with Crippen molar-refractivity contribution < 1.29 is 35.1 Å². The fourth-order valence-corrected chi connectivity index (χ4v) is 3.31. The number of hydrogen-bond acceptors (Lipinski definition) is 6. The van der Waals surface area contributed by atoms with Crippen molar-refractivity contribution in [1.29, 1.82) is 0 Å². The Bertz CT molecular complexity index is 1090. The molecule has 4 rings (SSSR count). The minimum atomic E-state index is -0.971. The molecule has 0 atom stereocenters. The molecule has 176 valence electrons. The van der Waals surface area contributed by atoms with Gasteiger partial charge >= 0.3 is 5.97 Å². The van der Waals surface area contributed by atoms with E-state index in [0.717, 1.165) is 29.5 Å². The van der Waals surface area contributed by atoms with Gasteiger partial charge in [-0.3, -0.25) is 0 Å². The monoisotopic (exact) mass is 454 g/mol. The molecule has 3 aromatic rings. The Morgan fingerprint density at radius 1 is 0.818 bits per heavy atom. The molecule has 0 saturated carbocycles. The van der Waals surface area contributed by atoms with Gasteiger partial charge in [0.15, 0.2) is 0 Å². The second-order valence-electron chi connectivity index (χ2n) is 7.90. The molecule has 1 aliphatic heterocycles. The average molecular weight is 455 g/mol. The molecule has 0 radical (unpaired) electrons. The van der Waals surface area contributed by atoms with E-state index in [-0.39, 0.29) is 22.8 Å². The Labute approximate surface area is 193 Å². The smallest absolute Gasteiger partial charge is 0.335 e. The number of phenolic OH excluding ortho intramolecular Hbond substituents is 4. The number of carboxylic acid groups (broad SMARTS) is 1. The highest BCUT2D eigenvalue weighted by molar-refractivity contribution is 5.88. The van der Waals surface area contributed by atoms with Crippen LogP contribution in [0.15, 0.2) is 42.5 Å². The van der Waals surface area contributed by atoms with Crippen LogP contribution >= 0.6 is 0 Å². The Kier molecular flexibility index (Phi) is 8.56. The normalized spacial score (nSPS) is 11.6. The van der Waals surface area contributed by atoms with Crippen molar-refractivity contribution in [2.24, 2.45) is 0 Å². The highest BCUT2D eigenvalue weighted by atomic mass is 16.5. The van der Waals surface area contributed by atoms with Crippen LogP contribution < -0.4 is 4.74 Å². The number of ether oxygens (including phenoxy) is 1. The number of aromatic carboxylic acids is 1. The third-order valence-corrected chi connectivity index (χ3v) is 5.18. The number of hydrogen-bond donors (Lipinski definition) is 5. The SMILES string of the molecule is Cc1cc(C(=O)O)cc(C)c1O.Cc1cccc(C)c1O.Oc1cc(O)c2c(c1)OCCC2. The summed E-state index contributed by atoms with van der Waals surface area (Å²) in [4.78, 5) is 10.5. The molecule has 0 aromatic heterocycles. The zero-order valence-corrected chi connectivity index (χ0v) is 19.2. The summed E-state index contributed by atoms with van der Waals surface area (Å²) in [6, 6.07) is 11.5. The van der Waals surface area contributed by atoms with Crippen molar-refractivity contribution in [1.82, 2.24) is 0 Å². The molecule has 0 aliphatic carbocycles. The van der Waals surface area contributed by atoms with Gasteiger partial charge in [-0.05, 0) is 74.9 Å². The van der Waals surface area contributed by atoms with Gasteiger partial charge in [-0.2, -0.15) is 0 Å². The molecule has 3 aromatic carbocycles. The first-order valence-electron chi connectivity index (χ1n) is 10.5. The molecule has 1 aliphatic rings. The van der Waals surface area contributed by atoms with Crippen molar-refractivity contribution in [2.45, 2.75) is 40.5 Å². The highest BCUT2D eigenvalue weighted by Crippen LogP contribution is 2.35. The molecule has 0 amide bonds. The van der Waals surface area contributed by atoms with Gasteiger partial charge in [-0.15, -0.1) is 0 Å². The van der Waals surface area contributed by atoms with E-state index < -0.39 is 5.97 Å². The first-order valence-corrected chi connectivity index (χ1v) is 10.5. The second-order valence-corrected chi connectivity index (χ2v) is 7.90. The van der Waals surface area contributed by atoms with E-state index in [1.807, 2.05) is 32.0 Å². The molecular weight excluding hydrogens is 424 g/mol. The predicted molar refractivity (Wildman–Crippen MR) is 126 cm³/mol. The quantitative estimate of drug-likeness (QED) is 0.344. The van der Waals surface area contributed by atoms with Crippen molar-refractivity contribution in [2.75, 3.05) is 6.61 Å². The fraction of sp³-hybridized carbons (Fsp3) is 0.269. The number of rotatable bonds is 1. The predicted octanol–water partition coefficient (Wildman–Crippen LogP) is 5.14. The van der Waals surface area contributed by atoms with Gasteiger partial charge in [0.05, 0.1) is 12.2 Å². The molecule has 33 heavy (non-hydrogen) atoms. The van der Waals surface area contributed by atoms with Crippen molar-refractivity contribution in [3.63, 3.8) is 0 Å². The molecule has 5 N–H and O–H groups in total. The van der Waals surface area contributed by atoms with Crippen LogP contribution in [0.3, 0.4) is 0 Å². The minimum absolute atomic E-state index is 0.0492. The summed E-state index contributed by atoms with van der Waals surface area (Å²) < 4.78 is 5.27. The summed E-state index contributed by atoms with van der Waals surface area (Å²) in [5, 5.41) is 45.7. The number of carbonyl (C=O) groups is 1. The maximum Gasteiger partial charge on any atom is 0.335 e. The zero-order valence-electron chi connectivity index (χ0n) is 19.2. The second kappa shape index (κ2) is 11.1. The number of carboxylic acids is 1. The maximum absolute atomic E-state index is 10.5. The number of para-hydroxylation sites is 1. The van der Waals surface area contributed by atoms with Crippen molar-refractivity contribution >= 4 is 5.97 Å². The van der Waals surface area contributed by atoms with Crippen LogP contribution in [0.5, 0.6) is 28.7 Å². The largest absolute Gasteiger partial charge is 0.508 e. The Balaban J connectivity index is 0.000000177. The highest BCUT2D eigenvalue weighted by Gasteiger charge is 2.15. The summed E-state index contributed by atoms with van der Waals surface area (Å²) in [7, 11) is 0. The molecule has 0 saturated heterocycles.